The zero-order valence-electron chi connectivity index (χ0n) is 15.3. The van der Waals surface area contributed by atoms with Crippen LogP contribution in [0.15, 0.2) is 30.6 Å². The summed E-state index contributed by atoms with van der Waals surface area (Å²) in [7, 11) is 0. The van der Waals surface area contributed by atoms with Gasteiger partial charge in [0.1, 0.15) is 11.3 Å². The van der Waals surface area contributed by atoms with Crippen molar-refractivity contribution in [3.8, 4) is 0 Å². The molecule has 0 fully saturated rings. The molecule has 4 rings (SSSR count). The first-order chi connectivity index (χ1) is 12.6. The average Bonchev–Trinajstić information content (AvgIpc) is 3.20. The minimum Gasteiger partial charge on any atom is -0.369 e. The van der Waals surface area contributed by atoms with E-state index in [1.54, 1.807) is 4.68 Å². The first kappa shape index (κ1) is 16.8. The van der Waals surface area contributed by atoms with Crippen LogP contribution in [0, 0.1) is 0 Å². The summed E-state index contributed by atoms with van der Waals surface area (Å²) in [4.78, 5) is 17.4. The zero-order chi connectivity index (χ0) is 18.3. The van der Waals surface area contributed by atoms with Gasteiger partial charge in [-0.2, -0.15) is 5.10 Å². The number of nitrogens with one attached hydrogen (secondary N) is 1. The highest BCUT2D eigenvalue weighted by Gasteiger charge is 2.31. The van der Waals surface area contributed by atoms with Crippen molar-refractivity contribution in [2.45, 2.75) is 52.5 Å². The number of carbonyl (C=O) groups is 1. The Bertz CT molecular complexity index is 925. The average molecular weight is 353 g/mol. The van der Waals surface area contributed by atoms with Crippen molar-refractivity contribution in [1.29, 1.82) is 0 Å². The van der Waals surface area contributed by atoms with E-state index in [2.05, 4.69) is 15.4 Å². The number of aryl methyl sites for hydroxylation is 1. The Labute approximate surface area is 152 Å². The number of imidazole rings is 1. The summed E-state index contributed by atoms with van der Waals surface area (Å²) in [6, 6.07) is 5.84. The van der Waals surface area contributed by atoms with Gasteiger partial charge in [0, 0.05) is 30.9 Å². The molecule has 0 aromatic carbocycles. The van der Waals surface area contributed by atoms with Crippen molar-refractivity contribution in [2.24, 2.45) is 0 Å². The van der Waals surface area contributed by atoms with Crippen LogP contribution in [0.4, 0.5) is 0 Å². The maximum Gasteiger partial charge on any atom is 0.270 e. The number of hydrogen-bond acceptors (Lipinski definition) is 4. The third kappa shape index (κ3) is 2.88. The van der Waals surface area contributed by atoms with Crippen molar-refractivity contribution in [1.82, 2.24) is 24.5 Å². The molecule has 0 unspecified atom stereocenters. The molecule has 0 aliphatic carbocycles. The minimum atomic E-state index is -0.112. The first-order valence-electron chi connectivity index (χ1n) is 9.02. The standard InChI is InChI=1S/C19H23N5O2/c1-4-24-18(15-9-12(2)26-13(3)17(15)22-24)19(25)20-10-14-11-23-8-6-5-7-16(23)21-14/h5-8,11-13H,4,9-10H2,1-3H3,(H,20,25)/t12-,13+/m0/s1. The quantitative estimate of drug-likeness (QED) is 0.782. The van der Waals surface area contributed by atoms with E-state index in [9.17, 15) is 4.79 Å². The second-order valence-corrected chi connectivity index (χ2v) is 6.70. The lowest BCUT2D eigenvalue weighted by Crippen LogP contribution is -2.28. The van der Waals surface area contributed by atoms with E-state index in [-0.39, 0.29) is 18.1 Å². The molecule has 0 radical (unpaired) electrons. The van der Waals surface area contributed by atoms with Gasteiger partial charge < -0.3 is 14.5 Å². The van der Waals surface area contributed by atoms with Gasteiger partial charge in [-0.25, -0.2) is 4.98 Å². The number of carbonyl (C=O) groups excluding carboxylic acids is 1. The maximum absolute atomic E-state index is 12.9. The lowest BCUT2D eigenvalue weighted by atomic mass is 9.99. The summed E-state index contributed by atoms with van der Waals surface area (Å²) in [5.41, 5.74) is 4.22. The van der Waals surface area contributed by atoms with E-state index in [0.717, 1.165) is 22.6 Å². The molecule has 1 N–H and O–H groups in total. The van der Waals surface area contributed by atoms with E-state index in [4.69, 9.17) is 4.74 Å². The molecule has 136 valence electrons. The van der Waals surface area contributed by atoms with Gasteiger partial charge in [-0.1, -0.05) is 6.07 Å². The van der Waals surface area contributed by atoms with Gasteiger partial charge in [-0.3, -0.25) is 9.48 Å². The van der Waals surface area contributed by atoms with Crippen LogP contribution in [-0.4, -0.2) is 31.2 Å². The third-order valence-corrected chi connectivity index (χ3v) is 4.75. The Hall–Kier alpha value is -2.67. The molecule has 1 amide bonds. The normalized spacial score (nSPS) is 19.5. The van der Waals surface area contributed by atoms with E-state index >= 15 is 0 Å². The van der Waals surface area contributed by atoms with Crippen molar-refractivity contribution >= 4 is 11.6 Å². The fourth-order valence-corrected chi connectivity index (χ4v) is 3.60. The highest BCUT2D eigenvalue weighted by atomic mass is 16.5. The molecule has 3 aromatic rings. The Morgan fingerprint density at radius 2 is 2.23 bits per heavy atom. The van der Waals surface area contributed by atoms with Crippen molar-refractivity contribution in [2.75, 3.05) is 0 Å². The molecule has 1 aliphatic heterocycles. The molecule has 0 saturated carbocycles. The van der Waals surface area contributed by atoms with Crippen LogP contribution in [0.2, 0.25) is 0 Å². The third-order valence-electron chi connectivity index (χ3n) is 4.75. The Kier molecular flexibility index (Phi) is 4.24. The second-order valence-electron chi connectivity index (χ2n) is 6.70. The van der Waals surface area contributed by atoms with Crippen LogP contribution in [0.1, 0.15) is 54.3 Å². The highest BCUT2D eigenvalue weighted by Crippen LogP contribution is 2.31. The number of amides is 1. The Balaban J connectivity index is 1.58. The van der Waals surface area contributed by atoms with Gasteiger partial charge in [0.15, 0.2) is 0 Å². The zero-order valence-corrected chi connectivity index (χ0v) is 15.3. The summed E-state index contributed by atoms with van der Waals surface area (Å²) < 4.78 is 9.57. The van der Waals surface area contributed by atoms with E-state index in [0.29, 0.717) is 25.2 Å². The van der Waals surface area contributed by atoms with E-state index in [1.807, 2.05) is 55.8 Å². The second kappa shape index (κ2) is 6.57. The van der Waals surface area contributed by atoms with Crippen molar-refractivity contribution in [3.63, 3.8) is 0 Å². The Morgan fingerprint density at radius 1 is 1.38 bits per heavy atom. The van der Waals surface area contributed by atoms with Gasteiger partial charge >= 0.3 is 0 Å². The topological polar surface area (TPSA) is 73.5 Å². The first-order valence-corrected chi connectivity index (χ1v) is 9.02. The lowest BCUT2D eigenvalue weighted by molar-refractivity contribution is -0.00712. The number of fused-ring (bicyclic) bond motifs is 2. The van der Waals surface area contributed by atoms with Crippen LogP contribution in [0.25, 0.3) is 5.65 Å². The van der Waals surface area contributed by atoms with Crippen LogP contribution >= 0.6 is 0 Å². The van der Waals surface area contributed by atoms with Crippen LogP contribution in [-0.2, 0) is 24.2 Å². The smallest absolute Gasteiger partial charge is 0.270 e. The van der Waals surface area contributed by atoms with E-state index < -0.39 is 0 Å². The monoisotopic (exact) mass is 353 g/mol. The Morgan fingerprint density at radius 3 is 3.00 bits per heavy atom. The number of nitrogens with zero attached hydrogens (tertiary/aromatic N) is 4. The predicted molar refractivity (Wildman–Crippen MR) is 96.9 cm³/mol. The molecule has 3 aromatic heterocycles. The summed E-state index contributed by atoms with van der Waals surface area (Å²) in [5, 5.41) is 7.61. The summed E-state index contributed by atoms with van der Waals surface area (Å²) >= 11 is 0. The molecule has 0 spiro atoms. The number of aromatic nitrogens is 4. The molecule has 26 heavy (non-hydrogen) atoms. The molecule has 2 atom stereocenters. The molecule has 7 heteroatoms. The predicted octanol–water partition coefficient (Wildman–Crippen LogP) is 2.50. The number of ether oxygens (including phenoxy) is 1. The largest absolute Gasteiger partial charge is 0.369 e. The fourth-order valence-electron chi connectivity index (χ4n) is 3.60. The number of rotatable bonds is 4. The molecule has 0 bridgehead atoms. The molecule has 4 heterocycles. The highest BCUT2D eigenvalue weighted by molar-refractivity contribution is 5.94. The van der Waals surface area contributed by atoms with Crippen LogP contribution in [0.5, 0.6) is 0 Å². The fraction of sp³-hybridized carbons (Fsp3) is 0.421. The molecular formula is C19H23N5O2. The number of pyridine rings is 1. The molecular weight excluding hydrogens is 330 g/mol. The van der Waals surface area contributed by atoms with Gasteiger partial charge in [0.25, 0.3) is 5.91 Å². The SMILES string of the molecule is CCn1nc2c(c1C(=O)NCc1cn3ccccc3n1)C[C@H](C)O[C@@H]2C. The molecule has 7 nitrogen and oxygen atoms in total. The lowest BCUT2D eigenvalue weighted by Gasteiger charge is -2.24. The van der Waals surface area contributed by atoms with Gasteiger partial charge in [0.2, 0.25) is 0 Å². The summed E-state index contributed by atoms with van der Waals surface area (Å²) in [5.74, 6) is -0.112. The molecule has 0 saturated heterocycles. The molecule has 1 aliphatic rings. The van der Waals surface area contributed by atoms with Crippen molar-refractivity contribution < 1.29 is 9.53 Å². The van der Waals surface area contributed by atoms with Crippen LogP contribution in [0.3, 0.4) is 0 Å². The summed E-state index contributed by atoms with van der Waals surface area (Å²) in [6.07, 6.45) is 4.57. The van der Waals surface area contributed by atoms with Crippen molar-refractivity contribution in [3.05, 3.63) is 53.2 Å². The van der Waals surface area contributed by atoms with Gasteiger partial charge in [-0.05, 0) is 32.9 Å². The van der Waals surface area contributed by atoms with E-state index in [1.165, 1.54) is 0 Å². The number of hydrogen-bond donors (Lipinski definition) is 1. The van der Waals surface area contributed by atoms with Gasteiger partial charge in [0.05, 0.1) is 30.1 Å². The van der Waals surface area contributed by atoms with Gasteiger partial charge in [-0.15, -0.1) is 0 Å². The van der Waals surface area contributed by atoms with Crippen LogP contribution < -0.4 is 5.32 Å². The summed E-state index contributed by atoms with van der Waals surface area (Å²) in [6.45, 7) is 7.03. The maximum atomic E-state index is 12.9. The minimum absolute atomic E-state index is 0.0806.